The van der Waals surface area contributed by atoms with Crippen molar-refractivity contribution in [1.29, 1.82) is 0 Å². The van der Waals surface area contributed by atoms with Gasteiger partial charge >= 0.3 is 17.9 Å². The summed E-state index contributed by atoms with van der Waals surface area (Å²) in [4.78, 5) is 38.2. The maximum Gasteiger partial charge on any atom is 0.306 e. The molecule has 0 N–H and O–H groups in total. The number of allylic oxidation sites excluding steroid dienone is 8. The van der Waals surface area contributed by atoms with Crippen LogP contribution in [0.2, 0.25) is 0 Å². The molecule has 0 aromatic rings. The van der Waals surface area contributed by atoms with E-state index in [1.807, 2.05) is 0 Å². The molecule has 0 heterocycles. The molecule has 1 unspecified atom stereocenters. The molecular weight excluding hydrogens is 925 g/mol. The van der Waals surface area contributed by atoms with Crippen LogP contribution in [0.3, 0.4) is 0 Å². The highest BCUT2D eigenvalue weighted by Gasteiger charge is 2.19. The number of ether oxygens (including phenoxy) is 3. The SMILES string of the molecule is CCCCCCC/C=C\C/C=C\C/C=C\CCCCCCCCCCCCCCCCC(=O)OCC(COC(=O)CCCCCCCCCCCC)OC(=O)CCCCCCCCC/C=C\CCCCCCCCC. The molecule has 0 aliphatic heterocycles. The maximum absolute atomic E-state index is 12.9. The van der Waals surface area contributed by atoms with Gasteiger partial charge in [0.15, 0.2) is 6.10 Å². The van der Waals surface area contributed by atoms with Gasteiger partial charge in [-0.15, -0.1) is 0 Å². The van der Waals surface area contributed by atoms with Crippen molar-refractivity contribution in [3.63, 3.8) is 0 Å². The van der Waals surface area contributed by atoms with Crippen LogP contribution in [0.15, 0.2) is 48.6 Å². The third-order valence-electron chi connectivity index (χ3n) is 14.8. The smallest absolute Gasteiger partial charge is 0.306 e. The Balaban J connectivity index is 4.16. The van der Waals surface area contributed by atoms with Crippen LogP contribution in [0, 0.1) is 0 Å². The van der Waals surface area contributed by atoms with Crippen molar-refractivity contribution in [3.05, 3.63) is 48.6 Å². The molecule has 0 aromatic carbocycles. The fraction of sp³-hybridized carbons (Fsp3) is 0.841. The Hall–Kier alpha value is -2.63. The monoisotopic (exact) mass is 1050 g/mol. The third kappa shape index (κ3) is 62.1. The van der Waals surface area contributed by atoms with Crippen LogP contribution in [-0.4, -0.2) is 37.2 Å². The van der Waals surface area contributed by atoms with E-state index in [4.69, 9.17) is 14.2 Å². The lowest BCUT2D eigenvalue weighted by atomic mass is 10.0. The minimum atomic E-state index is -0.773. The van der Waals surface area contributed by atoms with Crippen molar-refractivity contribution < 1.29 is 28.6 Å². The van der Waals surface area contributed by atoms with E-state index >= 15 is 0 Å². The van der Waals surface area contributed by atoms with Crippen LogP contribution >= 0.6 is 0 Å². The Morgan fingerprint density at radius 3 is 0.760 bits per heavy atom. The van der Waals surface area contributed by atoms with Crippen LogP contribution in [0.1, 0.15) is 355 Å². The number of carbonyl (C=O) groups excluding carboxylic acids is 3. The molecule has 6 heteroatoms. The van der Waals surface area contributed by atoms with Gasteiger partial charge in [0.1, 0.15) is 13.2 Å². The molecule has 0 spiro atoms. The molecule has 0 saturated heterocycles. The van der Waals surface area contributed by atoms with Gasteiger partial charge in [-0.3, -0.25) is 14.4 Å². The Morgan fingerprint density at radius 1 is 0.267 bits per heavy atom. The van der Waals surface area contributed by atoms with Crippen molar-refractivity contribution in [2.75, 3.05) is 13.2 Å². The zero-order valence-electron chi connectivity index (χ0n) is 50.3. The number of rotatable bonds is 61. The highest BCUT2D eigenvalue weighted by molar-refractivity contribution is 5.71. The topological polar surface area (TPSA) is 78.9 Å². The predicted molar refractivity (Wildman–Crippen MR) is 325 cm³/mol. The molecule has 0 radical (unpaired) electrons. The molecule has 0 aromatic heterocycles. The molecule has 438 valence electrons. The first kappa shape index (κ1) is 72.4. The number of hydrogen-bond acceptors (Lipinski definition) is 6. The van der Waals surface area contributed by atoms with E-state index in [1.165, 1.54) is 244 Å². The summed E-state index contributed by atoms with van der Waals surface area (Å²) in [6, 6.07) is 0. The summed E-state index contributed by atoms with van der Waals surface area (Å²) in [7, 11) is 0. The summed E-state index contributed by atoms with van der Waals surface area (Å²) >= 11 is 0. The van der Waals surface area contributed by atoms with Gasteiger partial charge in [0.2, 0.25) is 0 Å². The van der Waals surface area contributed by atoms with Gasteiger partial charge in [-0.1, -0.05) is 301 Å². The molecule has 75 heavy (non-hydrogen) atoms. The van der Waals surface area contributed by atoms with Crippen molar-refractivity contribution in [2.45, 2.75) is 361 Å². The number of hydrogen-bond donors (Lipinski definition) is 0. The van der Waals surface area contributed by atoms with Gasteiger partial charge in [0, 0.05) is 19.3 Å². The second kappa shape index (κ2) is 63.9. The fourth-order valence-electron chi connectivity index (χ4n) is 9.80. The number of carbonyl (C=O) groups is 3. The zero-order chi connectivity index (χ0) is 54.3. The van der Waals surface area contributed by atoms with E-state index in [9.17, 15) is 14.4 Å². The fourth-order valence-corrected chi connectivity index (χ4v) is 9.80. The van der Waals surface area contributed by atoms with E-state index in [2.05, 4.69) is 69.4 Å². The molecule has 0 aliphatic rings. The average molecular weight is 1050 g/mol. The quantitative estimate of drug-likeness (QED) is 0.0261. The predicted octanol–water partition coefficient (Wildman–Crippen LogP) is 22.6. The summed E-state index contributed by atoms with van der Waals surface area (Å²) in [5, 5.41) is 0. The van der Waals surface area contributed by atoms with E-state index in [0.29, 0.717) is 19.3 Å². The van der Waals surface area contributed by atoms with Crippen LogP contribution in [-0.2, 0) is 28.6 Å². The lowest BCUT2D eigenvalue weighted by Gasteiger charge is -2.18. The van der Waals surface area contributed by atoms with Crippen LogP contribution < -0.4 is 0 Å². The van der Waals surface area contributed by atoms with Gasteiger partial charge in [0.05, 0.1) is 0 Å². The Morgan fingerprint density at radius 2 is 0.480 bits per heavy atom. The maximum atomic E-state index is 12.9. The summed E-state index contributed by atoms with van der Waals surface area (Å²) in [5.74, 6) is -0.857. The Labute approximate surface area is 467 Å². The van der Waals surface area contributed by atoms with E-state index in [-0.39, 0.29) is 31.1 Å². The number of unbranched alkanes of at least 4 members (excludes halogenated alkanes) is 42. The van der Waals surface area contributed by atoms with Crippen LogP contribution in [0.4, 0.5) is 0 Å². The Bertz CT molecular complexity index is 1300. The van der Waals surface area contributed by atoms with Gasteiger partial charge in [-0.25, -0.2) is 0 Å². The second-order valence-corrected chi connectivity index (χ2v) is 22.4. The van der Waals surface area contributed by atoms with Crippen molar-refractivity contribution in [2.24, 2.45) is 0 Å². The standard InChI is InChI=1S/C69H126O6/c1-4-7-10-13-16-19-22-24-26-28-30-31-32-33-34-35-36-37-38-39-40-42-43-45-47-50-53-56-59-62-68(71)74-65-66(64-73-67(70)61-58-55-52-49-21-18-15-12-9-6-3)75-69(72)63-60-57-54-51-48-46-44-41-29-27-25-23-20-17-14-11-8-5-2/h22,24,27-30,32-33,66H,4-21,23,25-26,31,34-65H2,1-3H3/b24-22-,29-27-,30-28-,33-32-. The van der Waals surface area contributed by atoms with Crippen molar-refractivity contribution in [3.8, 4) is 0 Å². The van der Waals surface area contributed by atoms with Crippen molar-refractivity contribution in [1.82, 2.24) is 0 Å². The molecule has 0 fully saturated rings. The lowest BCUT2D eigenvalue weighted by molar-refractivity contribution is -0.167. The summed E-state index contributed by atoms with van der Waals surface area (Å²) in [6.07, 6.45) is 79.9. The van der Waals surface area contributed by atoms with E-state index in [1.54, 1.807) is 0 Å². The third-order valence-corrected chi connectivity index (χ3v) is 14.8. The summed E-state index contributed by atoms with van der Waals surface area (Å²) < 4.78 is 16.9. The lowest BCUT2D eigenvalue weighted by Crippen LogP contribution is -2.30. The average Bonchev–Trinajstić information content (AvgIpc) is 3.41. The van der Waals surface area contributed by atoms with E-state index < -0.39 is 6.10 Å². The first-order valence-electron chi connectivity index (χ1n) is 33.1. The minimum absolute atomic E-state index is 0.0707. The highest BCUT2D eigenvalue weighted by Crippen LogP contribution is 2.17. The van der Waals surface area contributed by atoms with Gasteiger partial charge in [0.25, 0.3) is 0 Å². The summed E-state index contributed by atoms with van der Waals surface area (Å²) in [5.41, 5.74) is 0. The zero-order valence-corrected chi connectivity index (χ0v) is 50.3. The molecular formula is C69H126O6. The molecule has 0 aliphatic carbocycles. The van der Waals surface area contributed by atoms with E-state index in [0.717, 1.165) is 70.6 Å². The van der Waals surface area contributed by atoms with Crippen LogP contribution in [0.5, 0.6) is 0 Å². The minimum Gasteiger partial charge on any atom is -0.462 e. The first-order valence-corrected chi connectivity index (χ1v) is 33.1. The number of esters is 3. The summed E-state index contributed by atoms with van der Waals surface area (Å²) in [6.45, 7) is 6.66. The van der Waals surface area contributed by atoms with Crippen LogP contribution in [0.25, 0.3) is 0 Å². The normalized spacial score (nSPS) is 12.3. The Kier molecular flexibility index (Phi) is 61.7. The molecule has 0 rings (SSSR count). The molecule has 6 nitrogen and oxygen atoms in total. The van der Waals surface area contributed by atoms with Gasteiger partial charge in [-0.2, -0.15) is 0 Å². The first-order chi connectivity index (χ1) is 37.0. The molecule has 0 amide bonds. The molecule has 1 atom stereocenters. The molecule has 0 saturated carbocycles. The molecule has 0 bridgehead atoms. The second-order valence-electron chi connectivity index (χ2n) is 22.4. The van der Waals surface area contributed by atoms with Gasteiger partial charge in [-0.05, 0) is 83.5 Å². The van der Waals surface area contributed by atoms with Gasteiger partial charge < -0.3 is 14.2 Å². The highest BCUT2D eigenvalue weighted by atomic mass is 16.6. The van der Waals surface area contributed by atoms with Crippen molar-refractivity contribution >= 4 is 17.9 Å². The largest absolute Gasteiger partial charge is 0.462 e.